The molecule has 3 rings (SSSR count). The van der Waals surface area contributed by atoms with Crippen LogP contribution in [0.1, 0.15) is 6.92 Å². The number of benzene rings is 1. The van der Waals surface area contributed by atoms with E-state index in [2.05, 4.69) is 27.4 Å². The van der Waals surface area contributed by atoms with Crippen molar-refractivity contribution in [1.82, 2.24) is 15.3 Å². The van der Waals surface area contributed by atoms with E-state index in [0.29, 0.717) is 17.1 Å². The summed E-state index contributed by atoms with van der Waals surface area (Å²) in [6.45, 7) is 4.99. The van der Waals surface area contributed by atoms with Gasteiger partial charge in [-0.15, -0.1) is 11.8 Å². The number of nitrogens with one attached hydrogen (secondary N) is 2. The molecule has 122 valence electrons. The molecule has 1 aliphatic rings. The van der Waals surface area contributed by atoms with E-state index in [-0.39, 0.29) is 0 Å². The quantitative estimate of drug-likeness (QED) is 0.652. The molecular formula is C16H20ClN5S. The molecular weight excluding hydrogens is 330 g/mol. The number of hydrogen-bond donors (Lipinski definition) is 2. The molecule has 0 amide bonds. The Balaban J connectivity index is 1.96. The molecule has 2 heterocycles. The Morgan fingerprint density at radius 3 is 2.78 bits per heavy atom. The Kier molecular flexibility index (Phi) is 5.25. The first kappa shape index (κ1) is 16.4. The van der Waals surface area contributed by atoms with Crippen LogP contribution in [0.25, 0.3) is 0 Å². The van der Waals surface area contributed by atoms with Gasteiger partial charge in [0.25, 0.3) is 0 Å². The predicted octanol–water partition coefficient (Wildman–Crippen LogP) is 3.39. The summed E-state index contributed by atoms with van der Waals surface area (Å²) in [5.74, 6) is 1.43. The summed E-state index contributed by atoms with van der Waals surface area (Å²) in [6, 6.07) is 10.2. The van der Waals surface area contributed by atoms with Crippen molar-refractivity contribution in [2.75, 3.05) is 36.1 Å². The van der Waals surface area contributed by atoms with E-state index in [1.807, 2.05) is 36.6 Å². The van der Waals surface area contributed by atoms with Crippen LogP contribution in [0.2, 0.25) is 5.15 Å². The van der Waals surface area contributed by atoms with Gasteiger partial charge in [-0.3, -0.25) is 0 Å². The van der Waals surface area contributed by atoms with Crippen molar-refractivity contribution >= 4 is 40.8 Å². The Labute approximate surface area is 145 Å². The van der Waals surface area contributed by atoms with Crippen LogP contribution in [-0.2, 0) is 0 Å². The third-order valence-corrected chi connectivity index (χ3v) is 4.98. The van der Waals surface area contributed by atoms with Gasteiger partial charge in [0.15, 0.2) is 0 Å². The monoisotopic (exact) mass is 349 g/mol. The molecule has 7 heteroatoms. The van der Waals surface area contributed by atoms with Crippen LogP contribution in [0.3, 0.4) is 0 Å². The summed E-state index contributed by atoms with van der Waals surface area (Å²) in [4.78, 5) is 12.4. The third-order valence-electron chi connectivity index (χ3n) is 3.81. The molecule has 1 aliphatic heterocycles. The van der Waals surface area contributed by atoms with Gasteiger partial charge in [0.05, 0.1) is 4.90 Å². The highest BCUT2D eigenvalue weighted by Crippen LogP contribution is 2.35. The minimum absolute atomic E-state index is 0.366. The summed E-state index contributed by atoms with van der Waals surface area (Å²) in [5, 5.41) is 7.12. The first-order chi connectivity index (χ1) is 11.2. The fourth-order valence-corrected chi connectivity index (χ4v) is 3.60. The van der Waals surface area contributed by atoms with Crippen LogP contribution in [0.5, 0.6) is 0 Å². The molecule has 1 unspecified atom stereocenters. The minimum atomic E-state index is 0.366. The van der Waals surface area contributed by atoms with E-state index in [1.54, 1.807) is 11.8 Å². The van der Waals surface area contributed by atoms with Crippen LogP contribution in [0, 0.1) is 0 Å². The van der Waals surface area contributed by atoms with Crippen LogP contribution < -0.4 is 15.5 Å². The highest BCUT2D eigenvalue weighted by atomic mass is 35.5. The van der Waals surface area contributed by atoms with Crippen molar-refractivity contribution in [3.05, 3.63) is 35.5 Å². The number of piperazine rings is 1. The molecule has 0 saturated carbocycles. The Hall–Kier alpha value is -1.50. The second kappa shape index (κ2) is 7.38. The topological polar surface area (TPSA) is 53.1 Å². The van der Waals surface area contributed by atoms with Crippen LogP contribution in [0.4, 0.5) is 17.5 Å². The lowest BCUT2D eigenvalue weighted by Gasteiger charge is -2.36. The average Bonchev–Trinajstić information content (AvgIpc) is 2.56. The first-order valence-corrected chi connectivity index (χ1v) is 9.20. The van der Waals surface area contributed by atoms with Gasteiger partial charge in [-0.2, -0.15) is 9.97 Å². The molecule has 1 aromatic heterocycles. The van der Waals surface area contributed by atoms with Crippen molar-refractivity contribution in [2.24, 2.45) is 0 Å². The zero-order valence-electron chi connectivity index (χ0n) is 13.2. The summed E-state index contributed by atoms with van der Waals surface area (Å²) in [6.07, 6.45) is 2.01. The minimum Gasteiger partial charge on any atom is -0.350 e. The zero-order valence-corrected chi connectivity index (χ0v) is 14.8. The highest BCUT2D eigenvalue weighted by molar-refractivity contribution is 7.98. The van der Waals surface area contributed by atoms with Crippen molar-refractivity contribution < 1.29 is 0 Å². The van der Waals surface area contributed by atoms with Crippen LogP contribution >= 0.6 is 23.4 Å². The second-order valence-electron chi connectivity index (χ2n) is 5.43. The fourth-order valence-electron chi connectivity index (χ4n) is 2.64. The number of anilines is 3. The van der Waals surface area contributed by atoms with E-state index >= 15 is 0 Å². The van der Waals surface area contributed by atoms with Crippen molar-refractivity contribution in [3.8, 4) is 0 Å². The van der Waals surface area contributed by atoms with Crippen molar-refractivity contribution in [2.45, 2.75) is 17.9 Å². The molecule has 0 bridgehead atoms. The lowest BCUT2D eigenvalue weighted by Crippen LogP contribution is -2.50. The zero-order chi connectivity index (χ0) is 16.2. The van der Waals surface area contributed by atoms with E-state index in [4.69, 9.17) is 16.6 Å². The number of thioether (sulfide) groups is 1. The average molecular weight is 350 g/mol. The van der Waals surface area contributed by atoms with Crippen LogP contribution in [0.15, 0.2) is 35.2 Å². The molecule has 0 aliphatic carbocycles. The van der Waals surface area contributed by atoms with Gasteiger partial charge in [-0.05, 0) is 25.3 Å². The number of para-hydroxylation sites is 1. The summed E-state index contributed by atoms with van der Waals surface area (Å²) >= 11 is 8.00. The smallest absolute Gasteiger partial charge is 0.230 e. The number of nitrogens with zero attached hydrogens (tertiary/aromatic N) is 3. The number of halogens is 1. The summed E-state index contributed by atoms with van der Waals surface area (Å²) < 4.78 is 0. The number of hydrogen-bond acceptors (Lipinski definition) is 6. The standard InChI is InChI=1S/C16H20ClN5S/c1-11-10-18-8-9-22(11)15-13(23-2)14(17)20-16(21-15)19-12-6-4-3-5-7-12/h3-7,11,18H,8-10H2,1-2H3,(H,19,20,21). The molecule has 1 fully saturated rings. The van der Waals surface area contributed by atoms with Crippen LogP contribution in [-0.4, -0.2) is 41.9 Å². The van der Waals surface area contributed by atoms with Gasteiger partial charge in [0.2, 0.25) is 5.95 Å². The van der Waals surface area contributed by atoms with Gasteiger partial charge in [-0.25, -0.2) is 0 Å². The van der Waals surface area contributed by atoms with Gasteiger partial charge < -0.3 is 15.5 Å². The maximum Gasteiger partial charge on any atom is 0.230 e. The Bertz CT molecular complexity index is 667. The molecule has 2 N–H and O–H groups in total. The second-order valence-corrected chi connectivity index (χ2v) is 6.61. The van der Waals surface area contributed by atoms with E-state index in [1.165, 1.54) is 0 Å². The van der Waals surface area contributed by atoms with Gasteiger partial charge in [0.1, 0.15) is 11.0 Å². The Morgan fingerprint density at radius 1 is 1.30 bits per heavy atom. The van der Waals surface area contributed by atoms with E-state index in [0.717, 1.165) is 36.0 Å². The number of rotatable bonds is 4. The maximum absolute atomic E-state index is 6.41. The fraction of sp³-hybridized carbons (Fsp3) is 0.375. The Morgan fingerprint density at radius 2 is 2.09 bits per heavy atom. The molecule has 0 spiro atoms. The van der Waals surface area contributed by atoms with Crippen molar-refractivity contribution in [1.29, 1.82) is 0 Å². The van der Waals surface area contributed by atoms with Crippen molar-refractivity contribution in [3.63, 3.8) is 0 Å². The largest absolute Gasteiger partial charge is 0.350 e. The SMILES string of the molecule is CSc1c(Cl)nc(Nc2ccccc2)nc1N1CCNCC1C. The summed E-state index contributed by atoms with van der Waals surface area (Å²) in [5.41, 5.74) is 0.944. The molecule has 2 aromatic rings. The van der Waals surface area contributed by atoms with E-state index in [9.17, 15) is 0 Å². The molecule has 1 aromatic carbocycles. The lowest BCUT2D eigenvalue weighted by atomic mass is 10.2. The molecule has 5 nitrogen and oxygen atoms in total. The lowest BCUT2D eigenvalue weighted by molar-refractivity contribution is 0.494. The first-order valence-electron chi connectivity index (χ1n) is 7.60. The molecule has 0 radical (unpaired) electrons. The highest BCUT2D eigenvalue weighted by Gasteiger charge is 2.24. The molecule has 23 heavy (non-hydrogen) atoms. The summed E-state index contributed by atoms with van der Waals surface area (Å²) in [7, 11) is 0. The predicted molar refractivity (Wildman–Crippen MR) is 98.2 cm³/mol. The molecule has 1 atom stereocenters. The third kappa shape index (κ3) is 3.71. The van der Waals surface area contributed by atoms with Gasteiger partial charge >= 0.3 is 0 Å². The normalized spacial score (nSPS) is 18.0. The van der Waals surface area contributed by atoms with Gasteiger partial charge in [0, 0.05) is 31.4 Å². The van der Waals surface area contributed by atoms with Gasteiger partial charge in [-0.1, -0.05) is 29.8 Å². The number of aromatic nitrogens is 2. The molecule has 1 saturated heterocycles. The van der Waals surface area contributed by atoms with E-state index < -0.39 is 0 Å². The maximum atomic E-state index is 6.41.